The molecular weight excluding hydrogens is 342 g/mol. The van der Waals surface area contributed by atoms with Crippen LogP contribution in [0.3, 0.4) is 0 Å². The molecule has 1 atom stereocenters. The smallest absolute Gasteiger partial charge is 0.244 e. The minimum atomic E-state index is -3.48. The van der Waals surface area contributed by atoms with Gasteiger partial charge in [-0.3, -0.25) is 4.98 Å². The lowest BCUT2D eigenvalue weighted by molar-refractivity contribution is 0.270. The topological polar surface area (TPSA) is 53.5 Å². The molecule has 112 valence electrons. The number of halogens is 1. The zero-order valence-corrected chi connectivity index (χ0v) is 14.2. The van der Waals surface area contributed by atoms with Crippen molar-refractivity contribution < 1.29 is 8.42 Å². The van der Waals surface area contributed by atoms with Gasteiger partial charge < -0.3 is 4.90 Å². The molecular formula is C13H20BrN3O2S. The van der Waals surface area contributed by atoms with E-state index in [1.54, 1.807) is 16.6 Å². The number of hydrogen-bond donors (Lipinski definition) is 0. The Kier molecular flexibility index (Phi) is 5.17. The Hall–Kier alpha value is -0.500. The summed E-state index contributed by atoms with van der Waals surface area (Å²) in [5, 5.41) is 0. The van der Waals surface area contributed by atoms with Crippen molar-refractivity contribution in [2.75, 3.05) is 26.7 Å². The van der Waals surface area contributed by atoms with Crippen LogP contribution in [0.5, 0.6) is 0 Å². The van der Waals surface area contributed by atoms with Crippen LogP contribution in [-0.4, -0.2) is 55.3 Å². The summed E-state index contributed by atoms with van der Waals surface area (Å²) < 4.78 is 27.9. The van der Waals surface area contributed by atoms with Crippen LogP contribution >= 0.6 is 15.9 Å². The molecule has 20 heavy (non-hydrogen) atoms. The first-order valence-electron chi connectivity index (χ1n) is 6.76. The Balaban J connectivity index is 2.36. The highest BCUT2D eigenvalue weighted by atomic mass is 79.9. The van der Waals surface area contributed by atoms with E-state index in [1.165, 1.54) is 6.20 Å². The van der Waals surface area contributed by atoms with E-state index in [2.05, 4.69) is 25.8 Å². The Bertz CT molecular complexity index is 564. The van der Waals surface area contributed by atoms with Crippen LogP contribution in [0.4, 0.5) is 0 Å². The average molecular weight is 362 g/mol. The lowest BCUT2D eigenvalue weighted by atomic mass is 10.2. The summed E-state index contributed by atoms with van der Waals surface area (Å²) >= 11 is 3.28. The first-order chi connectivity index (χ1) is 9.45. The van der Waals surface area contributed by atoms with Crippen molar-refractivity contribution in [3.63, 3.8) is 0 Å². The largest absolute Gasteiger partial charge is 0.305 e. The van der Waals surface area contributed by atoms with Gasteiger partial charge in [-0.15, -0.1) is 0 Å². The Morgan fingerprint density at radius 1 is 1.40 bits per heavy atom. The molecule has 0 spiro atoms. The van der Waals surface area contributed by atoms with E-state index in [9.17, 15) is 8.42 Å². The van der Waals surface area contributed by atoms with E-state index in [1.807, 2.05) is 14.0 Å². The fraction of sp³-hybridized carbons (Fsp3) is 0.615. The van der Waals surface area contributed by atoms with Crippen LogP contribution in [0.15, 0.2) is 27.8 Å². The lowest BCUT2D eigenvalue weighted by Crippen LogP contribution is -2.43. The van der Waals surface area contributed by atoms with Gasteiger partial charge >= 0.3 is 0 Å². The molecule has 0 aliphatic carbocycles. The normalized spacial score (nSPS) is 22.6. The molecule has 0 aromatic carbocycles. The highest BCUT2D eigenvalue weighted by Gasteiger charge is 2.32. The fourth-order valence-electron chi connectivity index (χ4n) is 2.54. The molecule has 1 aliphatic heterocycles. The van der Waals surface area contributed by atoms with Gasteiger partial charge in [0.15, 0.2) is 0 Å². The third-order valence-corrected chi connectivity index (χ3v) is 5.96. The van der Waals surface area contributed by atoms with Gasteiger partial charge in [-0.05, 0) is 48.4 Å². The molecule has 7 heteroatoms. The zero-order valence-electron chi connectivity index (χ0n) is 11.8. The second-order valence-electron chi connectivity index (χ2n) is 5.13. The molecule has 1 aromatic heterocycles. The monoisotopic (exact) mass is 361 g/mol. The predicted molar refractivity (Wildman–Crippen MR) is 82.0 cm³/mol. The Labute approximate surface area is 129 Å². The van der Waals surface area contributed by atoms with Crippen LogP contribution in [0.25, 0.3) is 0 Å². The van der Waals surface area contributed by atoms with E-state index in [-0.39, 0.29) is 10.9 Å². The summed E-state index contributed by atoms with van der Waals surface area (Å²) in [4.78, 5) is 6.43. The van der Waals surface area contributed by atoms with E-state index in [0.29, 0.717) is 11.0 Å². The SMILES string of the molecule is CCC1CN(C)CCCN1S(=O)(=O)c1cncc(Br)c1. The Morgan fingerprint density at radius 2 is 2.15 bits per heavy atom. The quantitative estimate of drug-likeness (QED) is 0.825. The summed E-state index contributed by atoms with van der Waals surface area (Å²) in [5.41, 5.74) is 0. The van der Waals surface area contributed by atoms with Gasteiger partial charge in [0.05, 0.1) is 0 Å². The molecule has 1 aliphatic rings. The van der Waals surface area contributed by atoms with Gasteiger partial charge in [0.1, 0.15) is 4.90 Å². The van der Waals surface area contributed by atoms with Gasteiger partial charge in [0.2, 0.25) is 10.0 Å². The van der Waals surface area contributed by atoms with Crippen LogP contribution < -0.4 is 0 Å². The second-order valence-corrected chi connectivity index (χ2v) is 7.94. The summed E-state index contributed by atoms with van der Waals surface area (Å²) in [5.74, 6) is 0. The molecule has 0 amide bonds. The summed E-state index contributed by atoms with van der Waals surface area (Å²) in [6, 6.07) is 1.63. The number of nitrogens with zero attached hydrogens (tertiary/aromatic N) is 3. The molecule has 0 saturated carbocycles. The average Bonchev–Trinajstić information content (AvgIpc) is 2.60. The number of sulfonamides is 1. The molecule has 0 radical (unpaired) electrons. The maximum atomic E-state index is 12.8. The van der Waals surface area contributed by atoms with Crippen molar-refractivity contribution in [3.05, 3.63) is 22.9 Å². The van der Waals surface area contributed by atoms with Gasteiger partial charge in [0, 0.05) is 36.0 Å². The summed E-state index contributed by atoms with van der Waals surface area (Å²) in [6.45, 7) is 4.31. The van der Waals surface area contributed by atoms with Gasteiger partial charge in [-0.25, -0.2) is 8.42 Å². The highest BCUT2D eigenvalue weighted by molar-refractivity contribution is 9.10. The standard InChI is InChI=1S/C13H20BrN3O2S/c1-3-12-10-16(2)5-4-6-17(12)20(18,19)13-7-11(14)8-15-9-13/h7-9,12H,3-6,10H2,1-2H3. The molecule has 5 nitrogen and oxygen atoms in total. The summed E-state index contributed by atoms with van der Waals surface area (Å²) in [7, 11) is -1.44. The van der Waals surface area contributed by atoms with Crippen LogP contribution in [0.2, 0.25) is 0 Å². The molecule has 1 aromatic rings. The zero-order chi connectivity index (χ0) is 14.8. The maximum absolute atomic E-state index is 12.8. The van der Waals surface area contributed by atoms with Crippen LogP contribution in [0.1, 0.15) is 19.8 Å². The van der Waals surface area contributed by atoms with Crippen molar-refractivity contribution in [2.45, 2.75) is 30.7 Å². The van der Waals surface area contributed by atoms with Gasteiger partial charge in [-0.2, -0.15) is 4.31 Å². The molecule has 1 unspecified atom stereocenters. The molecule has 0 bridgehead atoms. The van der Waals surface area contributed by atoms with Gasteiger partial charge in [0.25, 0.3) is 0 Å². The van der Waals surface area contributed by atoms with Crippen molar-refractivity contribution in [2.24, 2.45) is 0 Å². The molecule has 1 fully saturated rings. The number of rotatable bonds is 3. The van der Waals surface area contributed by atoms with E-state index in [4.69, 9.17) is 0 Å². The highest BCUT2D eigenvalue weighted by Crippen LogP contribution is 2.23. The van der Waals surface area contributed by atoms with Crippen molar-refractivity contribution in [1.82, 2.24) is 14.2 Å². The molecule has 1 saturated heterocycles. The predicted octanol–water partition coefficient (Wildman–Crippen LogP) is 1.95. The fourth-order valence-corrected chi connectivity index (χ4v) is 4.77. The van der Waals surface area contributed by atoms with E-state index < -0.39 is 10.0 Å². The van der Waals surface area contributed by atoms with Crippen LogP contribution in [0, 0.1) is 0 Å². The number of pyridine rings is 1. The maximum Gasteiger partial charge on any atom is 0.244 e. The second kappa shape index (κ2) is 6.51. The molecule has 2 rings (SSSR count). The minimum Gasteiger partial charge on any atom is -0.305 e. The first-order valence-corrected chi connectivity index (χ1v) is 8.99. The van der Waals surface area contributed by atoms with Crippen molar-refractivity contribution >= 4 is 26.0 Å². The summed E-state index contributed by atoms with van der Waals surface area (Å²) in [6.07, 6.45) is 4.67. The van der Waals surface area contributed by atoms with E-state index >= 15 is 0 Å². The lowest BCUT2D eigenvalue weighted by Gasteiger charge is -2.29. The van der Waals surface area contributed by atoms with Crippen molar-refractivity contribution in [3.8, 4) is 0 Å². The first kappa shape index (κ1) is 15.9. The van der Waals surface area contributed by atoms with Gasteiger partial charge in [-0.1, -0.05) is 6.92 Å². The Morgan fingerprint density at radius 3 is 2.80 bits per heavy atom. The number of likely N-dealkylation sites (N-methyl/N-ethyl adjacent to an activating group) is 1. The molecule has 2 heterocycles. The molecule has 0 N–H and O–H groups in total. The van der Waals surface area contributed by atoms with Crippen molar-refractivity contribution in [1.29, 1.82) is 0 Å². The third-order valence-electron chi connectivity index (χ3n) is 3.61. The third kappa shape index (κ3) is 3.39. The van der Waals surface area contributed by atoms with Crippen LogP contribution in [-0.2, 0) is 10.0 Å². The number of hydrogen-bond acceptors (Lipinski definition) is 4. The minimum absolute atomic E-state index is 0.0199. The van der Waals surface area contributed by atoms with E-state index in [0.717, 1.165) is 25.9 Å². The number of aromatic nitrogens is 1.